The number of thiophene rings is 1. The molecule has 2 nitrogen and oxygen atoms in total. The SMILES string of the molecule is OCC#Cc1csc(CN2CC3CC4CC2C[C@@H](C4)C3)c1. The molecule has 21 heavy (non-hydrogen) atoms. The van der Waals surface area contributed by atoms with Gasteiger partial charge in [-0.3, -0.25) is 4.90 Å². The highest BCUT2D eigenvalue weighted by atomic mass is 32.1. The van der Waals surface area contributed by atoms with E-state index in [-0.39, 0.29) is 6.61 Å². The Balaban J connectivity index is 1.48. The lowest BCUT2D eigenvalue weighted by Gasteiger charge is -2.39. The van der Waals surface area contributed by atoms with Crippen LogP contribution >= 0.6 is 11.3 Å². The zero-order valence-corrected chi connectivity index (χ0v) is 13.2. The van der Waals surface area contributed by atoms with E-state index >= 15 is 0 Å². The molecular formula is C18H23NOS. The van der Waals surface area contributed by atoms with Crippen LogP contribution in [0.1, 0.15) is 42.5 Å². The van der Waals surface area contributed by atoms with E-state index < -0.39 is 0 Å². The van der Waals surface area contributed by atoms with Crippen LogP contribution in [0, 0.1) is 29.6 Å². The molecule has 4 atom stereocenters. The predicted octanol–water partition coefficient (Wildman–Crippen LogP) is 3.10. The Hall–Kier alpha value is -0.820. The van der Waals surface area contributed by atoms with E-state index in [1.54, 1.807) is 0 Å². The second kappa shape index (κ2) is 5.76. The largest absolute Gasteiger partial charge is 0.384 e. The molecule has 3 heteroatoms. The molecule has 0 amide bonds. The molecule has 2 aliphatic heterocycles. The molecule has 5 rings (SSSR count). The first kappa shape index (κ1) is 13.8. The summed E-state index contributed by atoms with van der Waals surface area (Å²) in [6.07, 6.45) is 7.37. The van der Waals surface area contributed by atoms with Crippen molar-refractivity contribution in [3.8, 4) is 11.8 Å². The van der Waals surface area contributed by atoms with Crippen LogP contribution in [0.3, 0.4) is 0 Å². The first-order valence-corrected chi connectivity index (χ1v) is 9.09. The fourth-order valence-corrected chi connectivity index (χ4v) is 5.79. The molecule has 3 heterocycles. The summed E-state index contributed by atoms with van der Waals surface area (Å²) in [5.41, 5.74) is 1.06. The third-order valence-corrected chi connectivity index (χ3v) is 6.47. The molecule has 3 unspecified atom stereocenters. The van der Waals surface area contributed by atoms with Gasteiger partial charge in [0.2, 0.25) is 0 Å². The number of fused-ring (bicyclic) bond motifs is 1. The molecule has 4 aliphatic rings. The normalized spacial score (nSPS) is 34.5. The molecule has 4 bridgehead atoms. The Morgan fingerprint density at radius 1 is 1.14 bits per heavy atom. The molecule has 0 radical (unpaired) electrons. The molecule has 2 aliphatic carbocycles. The van der Waals surface area contributed by atoms with Crippen molar-refractivity contribution in [1.82, 2.24) is 4.90 Å². The molecule has 112 valence electrons. The van der Waals surface area contributed by atoms with E-state index in [9.17, 15) is 0 Å². The zero-order chi connectivity index (χ0) is 14.2. The summed E-state index contributed by atoms with van der Waals surface area (Å²) in [4.78, 5) is 4.19. The summed E-state index contributed by atoms with van der Waals surface area (Å²) >= 11 is 1.82. The topological polar surface area (TPSA) is 23.5 Å². The van der Waals surface area contributed by atoms with E-state index in [1.807, 2.05) is 11.3 Å². The third kappa shape index (κ3) is 2.90. The highest BCUT2D eigenvalue weighted by Gasteiger charge is 2.42. The lowest BCUT2D eigenvalue weighted by Crippen LogP contribution is -2.37. The monoisotopic (exact) mass is 301 g/mol. The van der Waals surface area contributed by atoms with Crippen molar-refractivity contribution >= 4 is 11.3 Å². The number of aliphatic hydroxyl groups excluding tert-OH is 1. The quantitative estimate of drug-likeness (QED) is 0.849. The highest BCUT2D eigenvalue weighted by Crippen LogP contribution is 2.47. The van der Waals surface area contributed by atoms with Gasteiger partial charge in [0.1, 0.15) is 6.61 Å². The fourth-order valence-electron chi connectivity index (χ4n) is 4.95. The van der Waals surface area contributed by atoms with Gasteiger partial charge in [-0.05, 0) is 55.9 Å². The highest BCUT2D eigenvalue weighted by molar-refractivity contribution is 7.10. The zero-order valence-electron chi connectivity index (χ0n) is 12.4. The summed E-state index contributed by atoms with van der Waals surface area (Å²) in [5.74, 6) is 8.75. The lowest BCUT2D eigenvalue weighted by molar-refractivity contribution is 0.123. The molecule has 2 saturated carbocycles. The Morgan fingerprint density at radius 2 is 1.90 bits per heavy atom. The maximum Gasteiger partial charge on any atom is 0.104 e. The van der Waals surface area contributed by atoms with Crippen LogP contribution in [0.5, 0.6) is 0 Å². The van der Waals surface area contributed by atoms with E-state index in [0.29, 0.717) is 0 Å². The summed E-state index contributed by atoms with van der Waals surface area (Å²) < 4.78 is 0. The predicted molar refractivity (Wildman–Crippen MR) is 86.0 cm³/mol. The van der Waals surface area contributed by atoms with Gasteiger partial charge in [0.05, 0.1) is 0 Å². The van der Waals surface area contributed by atoms with Gasteiger partial charge in [0, 0.05) is 35.0 Å². The van der Waals surface area contributed by atoms with Crippen LogP contribution in [0.15, 0.2) is 11.4 Å². The van der Waals surface area contributed by atoms with Gasteiger partial charge in [0.25, 0.3) is 0 Å². The van der Waals surface area contributed by atoms with Gasteiger partial charge in [0.15, 0.2) is 0 Å². The van der Waals surface area contributed by atoms with Crippen molar-refractivity contribution in [3.63, 3.8) is 0 Å². The van der Waals surface area contributed by atoms with Gasteiger partial charge in [-0.1, -0.05) is 11.8 Å². The van der Waals surface area contributed by atoms with Crippen LogP contribution in [0.25, 0.3) is 0 Å². The maximum absolute atomic E-state index is 8.78. The number of aliphatic hydroxyl groups is 1. The minimum Gasteiger partial charge on any atom is -0.384 e. The van der Waals surface area contributed by atoms with Crippen LogP contribution < -0.4 is 0 Å². The Kier molecular flexibility index (Phi) is 3.79. The first-order chi connectivity index (χ1) is 10.3. The average molecular weight is 301 g/mol. The Labute approximate surface area is 131 Å². The van der Waals surface area contributed by atoms with Crippen molar-refractivity contribution < 1.29 is 5.11 Å². The summed E-state index contributed by atoms with van der Waals surface area (Å²) in [6, 6.07) is 3.04. The summed E-state index contributed by atoms with van der Waals surface area (Å²) in [6.45, 7) is 2.36. The van der Waals surface area contributed by atoms with Crippen LogP contribution in [-0.2, 0) is 6.54 Å². The standard InChI is InChI=1S/C18H23NOS/c20-3-1-2-13-9-18(21-12-13)11-19-10-16-5-14-4-15(6-16)8-17(19)7-14/h9,12,14-17,20H,3-8,10-11H2/t14-,15?,16?,17?/m0/s1. The molecule has 2 saturated heterocycles. The molecule has 4 fully saturated rings. The molecule has 1 aromatic rings. The molecule has 1 aromatic heterocycles. The first-order valence-electron chi connectivity index (χ1n) is 8.21. The van der Waals surface area contributed by atoms with Gasteiger partial charge >= 0.3 is 0 Å². The van der Waals surface area contributed by atoms with Gasteiger partial charge in [-0.25, -0.2) is 0 Å². The van der Waals surface area contributed by atoms with Crippen molar-refractivity contribution in [2.45, 2.75) is 44.7 Å². The van der Waals surface area contributed by atoms with Crippen LogP contribution in [-0.4, -0.2) is 29.2 Å². The molecular weight excluding hydrogens is 278 g/mol. The van der Waals surface area contributed by atoms with Crippen molar-refractivity contribution in [2.75, 3.05) is 13.2 Å². The van der Waals surface area contributed by atoms with Crippen molar-refractivity contribution in [3.05, 3.63) is 21.9 Å². The van der Waals surface area contributed by atoms with Crippen molar-refractivity contribution in [2.24, 2.45) is 17.8 Å². The van der Waals surface area contributed by atoms with Gasteiger partial charge < -0.3 is 5.11 Å². The second-order valence-electron chi connectivity index (χ2n) is 7.12. The number of hydrogen-bond donors (Lipinski definition) is 1. The molecule has 1 N–H and O–H groups in total. The lowest BCUT2D eigenvalue weighted by atomic mass is 9.68. The Bertz CT molecular complexity index is 555. The fraction of sp³-hybridized carbons (Fsp3) is 0.667. The second-order valence-corrected chi connectivity index (χ2v) is 8.12. The van der Waals surface area contributed by atoms with E-state index in [4.69, 9.17) is 5.11 Å². The average Bonchev–Trinajstić information content (AvgIpc) is 2.82. The van der Waals surface area contributed by atoms with E-state index in [1.165, 1.54) is 43.5 Å². The molecule has 0 aromatic carbocycles. The van der Waals surface area contributed by atoms with Crippen LogP contribution in [0.4, 0.5) is 0 Å². The van der Waals surface area contributed by atoms with Crippen LogP contribution in [0.2, 0.25) is 0 Å². The Morgan fingerprint density at radius 3 is 2.67 bits per heavy atom. The van der Waals surface area contributed by atoms with Gasteiger partial charge in [-0.15, -0.1) is 11.3 Å². The minimum atomic E-state index is -0.0518. The maximum atomic E-state index is 8.78. The minimum absolute atomic E-state index is 0.0518. The van der Waals surface area contributed by atoms with E-state index in [0.717, 1.165) is 35.9 Å². The number of rotatable bonds is 2. The smallest absolute Gasteiger partial charge is 0.104 e. The van der Waals surface area contributed by atoms with Crippen molar-refractivity contribution in [1.29, 1.82) is 0 Å². The van der Waals surface area contributed by atoms with E-state index in [2.05, 4.69) is 28.2 Å². The summed E-state index contributed by atoms with van der Waals surface area (Å²) in [7, 11) is 0. The number of hydrogen-bond acceptors (Lipinski definition) is 3. The summed E-state index contributed by atoms with van der Waals surface area (Å²) in [5, 5.41) is 10.9. The van der Waals surface area contributed by atoms with Gasteiger partial charge in [-0.2, -0.15) is 0 Å². The molecule has 0 spiro atoms. The number of nitrogens with zero attached hydrogens (tertiary/aromatic N) is 1. The third-order valence-electron chi connectivity index (χ3n) is 5.54.